The first-order chi connectivity index (χ1) is 14.7. The molecule has 0 unspecified atom stereocenters. The molecule has 0 aliphatic rings. The third-order valence-electron chi connectivity index (χ3n) is 4.40. The summed E-state index contributed by atoms with van der Waals surface area (Å²) in [5.41, 5.74) is 3.27. The minimum Gasteiger partial charge on any atom is -0.493 e. The highest BCUT2D eigenvalue weighted by Crippen LogP contribution is 2.41. The number of nitrogens with zero attached hydrogens (tertiary/aromatic N) is 3. The Morgan fingerprint density at radius 1 is 1.03 bits per heavy atom. The zero-order valence-electron chi connectivity index (χ0n) is 16.8. The lowest BCUT2D eigenvalue weighted by Crippen LogP contribution is -1.96. The van der Waals surface area contributed by atoms with Gasteiger partial charge in [-0.3, -0.25) is 0 Å². The summed E-state index contributed by atoms with van der Waals surface area (Å²) in [5, 5.41) is 8.68. The van der Waals surface area contributed by atoms with Gasteiger partial charge in [-0.25, -0.2) is 4.98 Å². The summed E-state index contributed by atoms with van der Waals surface area (Å²) in [4.78, 5) is 8.01. The van der Waals surface area contributed by atoms with Gasteiger partial charge >= 0.3 is 0 Å². The van der Waals surface area contributed by atoms with Crippen molar-refractivity contribution in [2.24, 2.45) is 0 Å². The fraction of sp³-hybridized carbons (Fsp3) is 0.190. The van der Waals surface area contributed by atoms with Crippen LogP contribution < -0.4 is 14.2 Å². The largest absolute Gasteiger partial charge is 0.493 e. The van der Waals surface area contributed by atoms with Crippen molar-refractivity contribution in [1.82, 2.24) is 20.2 Å². The number of nitrogens with one attached hydrogen (secondary N) is 1. The highest BCUT2D eigenvalue weighted by atomic mass is 32.2. The molecule has 4 rings (SSSR count). The molecule has 0 radical (unpaired) electrons. The van der Waals surface area contributed by atoms with E-state index in [1.54, 1.807) is 27.4 Å². The summed E-state index contributed by atoms with van der Waals surface area (Å²) in [6.45, 7) is 3.69. The molecule has 0 saturated heterocycles. The van der Waals surface area contributed by atoms with Crippen LogP contribution in [-0.4, -0.2) is 47.2 Å². The first-order valence-electron chi connectivity index (χ1n) is 9.04. The number of methoxy groups -OCH3 is 3. The zero-order chi connectivity index (χ0) is 21.1. The van der Waals surface area contributed by atoms with Crippen LogP contribution in [0.25, 0.3) is 33.9 Å². The van der Waals surface area contributed by atoms with Gasteiger partial charge in [0.25, 0.3) is 5.22 Å². The third kappa shape index (κ3) is 3.71. The molecule has 0 aliphatic heterocycles. The van der Waals surface area contributed by atoms with Gasteiger partial charge in [0.15, 0.2) is 11.5 Å². The van der Waals surface area contributed by atoms with Crippen LogP contribution in [0.4, 0.5) is 0 Å². The van der Waals surface area contributed by atoms with Crippen LogP contribution in [0.15, 0.2) is 52.6 Å². The lowest BCUT2D eigenvalue weighted by Gasteiger charge is -2.13. The Morgan fingerprint density at radius 2 is 1.80 bits per heavy atom. The van der Waals surface area contributed by atoms with Gasteiger partial charge in [-0.15, -0.1) is 16.8 Å². The maximum atomic E-state index is 5.71. The van der Waals surface area contributed by atoms with Crippen LogP contribution in [0, 0.1) is 0 Å². The number of hydrogen-bond acceptors (Lipinski definition) is 8. The molecule has 0 fully saturated rings. The highest BCUT2D eigenvalue weighted by molar-refractivity contribution is 7.99. The standard InChI is InChI=1S/C21H20N4O4S/c1-5-8-30-21-25-24-20(29-21)12-6-7-14-15(9-12)23-19(22-14)13-10-16(26-2)18(28-4)17(11-13)27-3/h5-7,9-11H,1,8H2,2-4H3,(H,22,23). The molecular formula is C21H20N4O4S. The van der Waals surface area contributed by atoms with Crippen LogP contribution in [-0.2, 0) is 0 Å². The topological polar surface area (TPSA) is 95.3 Å². The zero-order valence-corrected chi connectivity index (χ0v) is 17.6. The van der Waals surface area contributed by atoms with E-state index in [9.17, 15) is 0 Å². The Labute approximate surface area is 177 Å². The number of hydrogen-bond donors (Lipinski definition) is 1. The second kappa shape index (κ2) is 8.50. The Bertz CT molecular complexity index is 1180. The molecule has 0 aliphatic carbocycles. The number of H-pyrrole nitrogens is 1. The first kappa shape index (κ1) is 19.8. The lowest BCUT2D eigenvalue weighted by molar-refractivity contribution is 0.324. The van der Waals surface area contributed by atoms with E-state index < -0.39 is 0 Å². The van der Waals surface area contributed by atoms with Gasteiger partial charge in [0.05, 0.1) is 32.4 Å². The summed E-state index contributed by atoms with van der Waals surface area (Å²) < 4.78 is 22.0. The molecule has 0 saturated carbocycles. The SMILES string of the molecule is C=CCSc1nnc(-c2ccc3nc(-c4cc(OC)c(OC)c(OC)c4)[nH]c3c2)o1. The number of aromatic nitrogens is 4. The summed E-state index contributed by atoms with van der Waals surface area (Å²) >= 11 is 1.44. The maximum Gasteiger partial charge on any atom is 0.277 e. The van der Waals surface area contributed by atoms with Gasteiger partial charge in [-0.2, -0.15) is 0 Å². The van der Waals surface area contributed by atoms with E-state index in [0.29, 0.717) is 39.9 Å². The summed E-state index contributed by atoms with van der Waals surface area (Å²) in [6, 6.07) is 9.43. The first-order valence-corrected chi connectivity index (χ1v) is 10.0. The Balaban J connectivity index is 1.71. The van der Waals surface area contributed by atoms with Crippen molar-refractivity contribution in [2.45, 2.75) is 5.22 Å². The van der Waals surface area contributed by atoms with E-state index in [1.165, 1.54) is 11.8 Å². The number of benzene rings is 2. The monoisotopic (exact) mass is 424 g/mol. The molecule has 4 aromatic rings. The van der Waals surface area contributed by atoms with Crippen molar-refractivity contribution in [3.05, 3.63) is 43.0 Å². The minimum absolute atomic E-state index is 0.451. The number of thioether (sulfide) groups is 1. The third-order valence-corrected chi connectivity index (χ3v) is 5.21. The smallest absolute Gasteiger partial charge is 0.277 e. The molecule has 2 aromatic heterocycles. The van der Waals surface area contributed by atoms with Crippen molar-refractivity contribution < 1.29 is 18.6 Å². The number of ether oxygens (including phenoxy) is 3. The Kier molecular flexibility index (Phi) is 5.62. The van der Waals surface area contributed by atoms with E-state index in [2.05, 4.69) is 26.7 Å². The molecule has 8 nitrogen and oxygen atoms in total. The Morgan fingerprint density at radius 3 is 2.47 bits per heavy atom. The average molecular weight is 424 g/mol. The fourth-order valence-corrected chi connectivity index (χ4v) is 3.51. The molecule has 154 valence electrons. The Hall–Kier alpha value is -3.46. The summed E-state index contributed by atoms with van der Waals surface area (Å²) in [5.74, 6) is 3.48. The van der Waals surface area contributed by atoms with Crippen molar-refractivity contribution in [2.75, 3.05) is 27.1 Å². The molecule has 0 amide bonds. The van der Waals surface area contributed by atoms with Gasteiger partial charge < -0.3 is 23.6 Å². The lowest BCUT2D eigenvalue weighted by atomic mass is 10.1. The predicted octanol–water partition coefficient (Wildman–Crippen LogP) is 4.58. The molecular weight excluding hydrogens is 404 g/mol. The van der Waals surface area contributed by atoms with Crippen molar-refractivity contribution in [3.63, 3.8) is 0 Å². The van der Waals surface area contributed by atoms with Crippen LogP contribution >= 0.6 is 11.8 Å². The average Bonchev–Trinajstić information content (AvgIpc) is 3.43. The van der Waals surface area contributed by atoms with Crippen molar-refractivity contribution in [3.8, 4) is 40.1 Å². The molecule has 0 bridgehead atoms. The molecule has 1 N–H and O–H groups in total. The highest BCUT2D eigenvalue weighted by Gasteiger charge is 2.17. The molecule has 0 spiro atoms. The van der Waals surface area contributed by atoms with E-state index >= 15 is 0 Å². The van der Waals surface area contributed by atoms with Crippen LogP contribution in [0.5, 0.6) is 17.2 Å². The van der Waals surface area contributed by atoms with Crippen LogP contribution in [0.2, 0.25) is 0 Å². The predicted molar refractivity (Wildman–Crippen MR) is 115 cm³/mol. The molecule has 0 atom stereocenters. The van der Waals surface area contributed by atoms with Crippen LogP contribution in [0.1, 0.15) is 0 Å². The van der Waals surface area contributed by atoms with E-state index in [1.807, 2.05) is 30.3 Å². The van der Waals surface area contributed by atoms with E-state index in [-0.39, 0.29) is 0 Å². The van der Waals surface area contributed by atoms with Gasteiger partial charge in [0.2, 0.25) is 11.6 Å². The number of rotatable bonds is 8. The van der Waals surface area contributed by atoms with Gasteiger partial charge in [-0.1, -0.05) is 17.8 Å². The van der Waals surface area contributed by atoms with Gasteiger partial charge in [0.1, 0.15) is 5.82 Å². The normalized spacial score (nSPS) is 10.9. The molecule has 30 heavy (non-hydrogen) atoms. The summed E-state index contributed by atoms with van der Waals surface area (Å²) in [7, 11) is 4.73. The quantitative estimate of drug-likeness (QED) is 0.324. The van der Waals surface area contributed by atoms with Gasteiger partial charge in [0, 0.05) is 16.9 Å². The van der Waals surface area contributed by atoms with Crippen molar-refractivity contribution >= 4 is 22.8 Å². The second-order valence-corrected chi connectivity index (χ2v) is 7.18. The van der Waals surface area contributed by atoms with Gasteiger partial charge in [-0.05, 0) is 30.3 Å². The van der Waals surface area contributed by atoms with Crippen LogP contribution in [0.3, 0.4) is 0 Å². The maximum absolute atomic E-state index is 5.71. The molecule has 9 heteroatoms. The number of aromatic amines is 1. The molecule has 2 aromatic carbocycles. The number of imidazole rings is 1. The summed E-state index contributed by atoms with van der Waals surface area (Å²) in [6.07, 6.45) is 1.79. The van der Waals surface area contributed by atoms with E-state index in [0.717, 1.165) is 22.2 Å². The second-order valence-electron chi connectivity index (χ2n) is 6.20. The number of fused-ring (bicyclic) bond motifs is 1. The van der Waals surface area contributed by atoms with Crippen molar-refractivity contribution in [1.29, 1.82) is 0 Å². The minimum atomic E-state index is 0.451. The fourth-order valence-electron chi connectivity index (χ4n) is 3.01. The molecule has 2 heterocycles. The van der Waals surface area contributed by atoms with E-state index in [4.69, 9.17) is 18.6 Å².